The predicted molar refractivity (Wildman–Crippen MR) is 140 cm³/mol. The number of carboxylic acids is 1. The van der Waals surface area contributed by atoms with Gasteiger partial charge in [0.15, 0.2) is 0 Å². The minimum atomic E-state index is -4.19. The lowest BCUT2D eigenvalue weighted by Gasteiger charge is -2.26. The summed E-state index contributed by atoms with van der Waals surface area (Å²) in [7, 11) is -4.19. The van der Waals surface area contributed by atoms with Crippen LogP contribution in [0.2, 0.25) is 5.02 Å². The number of aliphatic hydroxyl groups is 1. The van der Waals surface area contributed by atoms with Gasteiger partial charge in [-0.2, -0.15) is 4.72 Å². The van der Waals surface area contributed by atoms with E-state index in [2.05, 4.69) is 10.0 Å². The lowest BCUT2D eigenvalue weighted by molar-refractivity contribution is -0.141. The fraction of sp³-hybridized carbons (Fsp3) is 0.280. The Kier molecular flexibility index (Phi) is 7.63. The van der Waals surface area contributed by atoms with Gasteiger partial charge in [0.1, 0.15) is 9.78 Å². The van der Waals surface area contributed by atoms with E-state index in [0.29, 0.717) is 16.3 Å². The van der Waals surface area contributed by atoms with Crippen molar-refractivity contribution in [3.8, 4) is 0 Å². The molecule has 1 aliphatic carbocycles. The van der Waals surface area contributed by atoms with Crippen LogP contribution in [-0.4, -0.2) is 55.0 Å². The molecule has 36 heavy (non-hydrogen) atoms. The molecule has 0 radical (unpaired) electrons. The SMILES string of the molecule is O=C(CCO)NCC1(c2ccccc2)CC1(NS(=O)(=O)C1=CC=C(c2ccc(Cl)cc2)CS1)C(=O)O. The molecule has 2 aliphatic rings. The number of allylic oxidation sites excluding steroid dienone is 2. The zero-order chi connectivity index (χ0) is 26.0. The lowest BCUT2D eigenvalue weighted by atomic mass is 9.90. The Balaban J connectivity index is 1.62. The maximum atomic E-state index is 13.4. The van der Waals surface area contributed by atoms with Crippen molar-refractivity contribution >= 4 is 50.8 Å². The summed E-state index contributed by atoms with van der Waals surface area (Å²) in [6.45, 7) is -0.449. The van der Waals surface area contributed by atoms with Crippen molar-refractivity contribution in [1.82, 2.24) is 10.0 Å². The van der Waals surface area contributed by atoms with Crippen LogP contribution < -0.4 is 10.0 Å². The zero-order valence-corrected chi connectivity index (χ0v) is 21.5. The predicted octanol–water partition coefficient (Wildman–Crippen LogP) is 2.89. The highest BCUT2D eigenvalue weighted by molar-refractivity contribution is 8.18. The van der Waals surface area contributed by atoms with Crippen LogP contribution in [0, 0.1) is 0 Å². The number of thioether (sulfide) groups is 1. The van der Waals surface area contributed by atoms with Gasteiger partial charge in [0.2, 0.25) is 15.9 Å². The second-order valence-electron chi connectivity index (χ2n) is 8.66. The number of carbonyl (C=O) groups is 2. The van der Waals surface area contributed by atoms with Crippen molar-refractivity contribution in [1.29, 1.82) is 0 Å². The first-order valence-corrected chi connectivity index (χ1v) is 14.0. The minimum absolute atomic E-state index is 0.0130. The van der Waals surface area contributed by atoms with Crippen LogP contribution in [0.1, 0.15) is 24.0 Å². The number of aliphatic carboxylic acids is 1. The molecule has 1 fully saturated rings. The third kappa shape index (κ3) is 5.09. The van der Waals surface area contributed by atoms with E-state index in [0.717, 1.165) is 22.9 Å². The van der Waals surface area contributed by atoms with Crippen molar-refractivity contribution in [3.05, 3.63) is 87.1 Å². The molecule has 1 aliphatic heterocycles. The summed E-state index contributed by atoms with van der Waals surface area (Å²) in [5, 5.41) is 22.5. The molecule has 0 spiro atoms. The van der Waals surface area contributed by atoms with Gasteiger partial charge >= 0.3 is 5.97 Å². The molecule has 2 aromatic carbocycles. The van der Waals surface area contributed by atoms with Crippen LogP contribution in [-0.2, 0) is 25.0 Å². The molecule has 1 heterocycles. The van der Waals surface area contributed by atoms with Crippen molar-refractivity contribution in [3.63, 3.8) is 0 Å². The Morgan fingerprint density at radius 1 is 1.06 bits per heavy atom. The number of rotatable bonds is 10. The van der Waals surface area contributed by atoms with Crippen molar-refractivity contribution in [2.24, 2.45) is 0 Å². The summed E-state index contributed by atoms with van der Waals surface area (Å²) >= 11 is 7.04. The van der Waals surface area contributed by atoms with E-state index in [1.807, 2.05) is 12.1 Å². The topological polar surface area (TPSA) is 133 Å². The minimum Gasteiger partial charge on any atom is -0.480 e. The zero-order valence-electron chi connectivity index (χ0n) is 19.1. The van der Waals surface area contributed by atoms with Crippen LogP contribution in [0.25, 0.3) is 5.57 Å². The quantitative estimate of drug-likeness (QED) is 0.359. The molecule has 1 amide bonds. The molecule has 2 atom stereocenters. The van der Waals surface area contributed by atoms with Crippen LogP contribution >= 0.6 is 23.4 Å². The Morgan fingerprint density at radius 2 is 1.75 bits per heavy atom. The van der Waals surface area contributed by atoms with Gasteiger partial charge in [-0.25, -0.2) is 8.42 Å². The number of aliphatic hydroxyl groups excluding tert-OH is 1. The second-order valence-corrected chi connectivity index (χ2v) is 12.0. The van der Waals surface area contributed by atoms with Crippen LogP contribution in [0.5, 0.6) is 0 Å². The first kappa shape index (κ1) is 26.4. The maximum Gasteiger partial charge on any atom is 0.325 e. The average Bonchev–Trinajstić information content (AvgIpc) is 3.53. The van der Waals surface area contributed by atoms with E-state index < -0.39 is 32.9 Å². The summed E-state index contributed by atoms with van der Waals surface area (Å²) < 4.78 is 29.2. The number of hydrogen-bond acceptors (Lipinski definition) is 6. The van der Waals surface area contributed by atoms with Crippen molar-refractivity contribution < 1.29 is 28.2 Å². The average molecular weight is 549 g/mol. The molecule has 0 bridgehead atoms. The Bertz CT molecular complexity index is 1330. The molecule has 4 rings (SSSR count). The van der Waals surface area contributed by atoms with Crippen LogP contribution in [0.3, 0.4) is 0 Å². The molecule has 190 valence electrons. The highest BCUT2D eigenvalue weighted by atomic mass is 35.5. The standard InChI is InChI=1S/C25H25ClN2O6S2/c26-20-9-6-17(7-10-20)18-8-11-22(35-14-18)36(33,34)28-25(23(31)32)15-24(25,16-27-21(30)12-13-29)19-4-2-1-3-5-19/h1-11,28-29H,12-16H2,(H,27,30)(H,31,32). The number of halogens is 1. The first-order valence-electron chi connectivity index (χ1n) is 11.1. The van der Waals surface area contributed by atoms with Gasteiger partial charge in [0.05, 0.1) is 6.61 Å². The van der Waals surface area contributed by atoms with Crippen molar-refractivity contribution in [2.45, 2.75) is 23.8 Å². The van der Waals surface area contributed by atoms with Crippen LogP contribution in [0.4, 0.5) is 0 Å². The first-order chi connectivity index (χ1) is 17.1. The molecule has 0 aromatic heterocycles. The largest absolute Gasteiger partial charge is 0.480 e. The summed E-state index contributed by atoms with van der Waals surface area (Å²) in [4.78, 5) is 24.6. The number of sulfonamides is 1. The van der Waals surface area contributed by atoms with Crippen molar-refractivity contribution in [2.75, 3.05) is 18.9 Å². The highest BCUT2D eigenvalue weighted by Gasteiger charge is 2.74. The number of carboxylic acid groups (broad SMARTS) is 1. The van der Waals surface area contributed by atoms with E-state index in [-0.39, 0.29) is 30.2 Å². The molecule has 2 aromatic rings. The Morgan fingerprint density at radius 3 is 2.33 bits per heavy atom. The molecule has 2 unspecified atom stereocenters. The number of hydrogen-bond donors (Lipinski definition) is 4. The van der Waals surface area contributed by atoms with Gasteiger partial charge in [-0.05, 0) is 41.3 Å². The summed E-state index contributed by atoms with van der Waals surface area (Å²) in [6, 6.07) is 15.9. The third-order valence-corrected chi connectivity index (χ3v) is 9.88. The summed E-state index contributed by atoms with van der Waals surface area (Å²) in [5.41, 5.74) is -0.614. The van der Waals surface area contributed by atoms with E-state index in [9.17, 15) is 23.1 Å². The number of amides is 1. The van der Waals surface area contributed by atoms with Gasteiger partial charge in [-0.1, -0.05) is 60.1 Å². The van der Waals surface area contributed by atoms with Gasteiger partial charge in [-0.15, -0.1) is 11.8 Å². The second kappa shape index (κ2) is 10.4. The molecule has 1 saturated carbocycles. The third-order valence-electron chi connectivity index (χ3n) is 6.46. The fourth-order valence-electron chi connectivity index (χ4n) is 4.43. The maximum absolute atomic E-state index is 13.4. The van der Waals surface area contributed by atoms with E-state index in [1.54, 1.807) is 48.5 Å². The molecular formula is C25H25ClN2O6S2. The molecule has 8 nitrogen and oxygen atoms in total. The van der Waals surface area contributed by atoms with Gasteiger partial charge in [0, 0.05) is 29.2 Å². The van der Waals surface area contributed by atoms with Gasteiger partial charge < -0.3 is 15.5 Å². The molecule has 4 N–H and O–H groups in total. The van der Waals surface area contributed by atoms with Crippen LogP contribution in [0.15, 0.2) is 71.0 Å². The summed E-state index contributed by atoms with van der Waals surface area (Å²) in [6.07, 6.45) is 2.99. The van der Waals surface area contributed by atoms with E-state index in [4.69, 9.17) is 16.7 Å². The molecule has 0 saturated heterocycles. The van der Waals surface area contributed by atoms with E-state index >= 15 is 0 Å². The van der Waals surface area contributed by atoms with Gasteiger partial charge in [-0.3, -0.25) is 9.59 Å². The lowest BCUT2D eigenvalue weighted by Crippen LogP contribution is -2.51. The fourth-order valence-corrected chi connectivity index (χ4v) is 7.37. The van der Waals surface area contributed by atoms with Gasteiger partial charge in [0.25, 0.3) is 0 Å². The molecule has 11 heteroatoms. The Labute approximate surface area is 218 Å². The van der Waals surface area contributed by atoms with E-state index in [1.165, 1.54) is 6.08 Å². The smallest absolute Gasteiger partial charge is 0.325 e. The Hall–Kier alpha value is -2.63. The number of carbonyl (C=O) groups excluding carboxylic acids is 1. The molecular weight excluding hydrogens is 524 g/mol. The summed E-state index contributed by atoms with van der Waals surface area (Å²) in [5.74, 6) is -1.40. The monoisotopic (exact) mass is 548 g/mol. The highest BCUT2D eigenvalue weighted by Crippen LogP contribution is 2.58. The normalized spacial score (nSPS) is 23.4. The number of benzene rings is 2. The number of nitrogens with one attached hydrogen (secondary N) is 2.